The molecule has 0 aromatic rings. The summed E-state index contributed by atoms with van der Waals surface area (Å²) in [6, 6.07) is -0.378. The summed E-state index contributed by atoms with van der Waals surface area (Å²) in [5.41, 5.74) is -0.0223. The second kappa shape index (κ2) is 7.66. The van der Waals surface area contributed by atoms with Crippen molar-refractivity contribution in [2.75, 3.05) is 0 Å². The predicted octanol–water partition coefficient (Wildman–Crippen LogP) is 3.14. The monoisotopic (exact) mass is 298 g/mol. The van der Waals surface area contributed by atoms with Gasteiger partial charge < -0.3 is 15.7 Å². The number of carbonyl (C=O) groups excluding carboxylic acids is 1. The van der Waals surface area contributed by atoms with E-state index in [1.54, 1.807) is 0 Å². The first-order chi connectivity index (χ1) is 9.69. The van der Waals surface area contributed by atoms with Gasteiger partial charge in [0.15, 0.2) is 0 Å². The van der Waals surface area contributed by atoms with Crippen molar-refractivity contribution >= 4 is 12.0 Å². The van der Waals surface area contributed by atoms with Crippen LogP contribution in [0, 0.1) is 11.3 Å². The van der Waals surface area contributed by atoms with E-state index in [4.69, 9.17) is 5.11 Å². The maximum atomic E-state index is 12.1. The smallest absolute Gasteiger partial charge is 0.315 e. The molecule has 2 amide bonds. The Kier molecular flexibility index (Phi) is 6.49. The van der Waals surface area contributed by atoms with Crippen LogP contribution in [-0.4, -0.2) is 29.2 Å². The predicted molar refractivity (Wildman–Crippen MR) is 83.2 cm³/mol. The van der Waals surface area contributed by atoms with Gasteiger partial charge in [-0.05, 0) is 30.6 Å². The van der Waals surface area contributed by atoms with Gasteiger partial charge in [-0.15, -0.1) is 0 Å². The molecule has 0 heterocycles. The number of nitrogens with one attached hydrogen (secondary N) is 2. The Morgan fingerprint density at radius 2 is 1.76 bits per heavy atom. The lowest BCUT2D eigenvalue weighted by atomic mass is 9.87. The van der Waals surface area contributed by atoms with Crippen LogP contribution in [0.25, 0.3) is 0 Å². The van der Waals surface area contributed by atoms with Gasteiger partial charge in [0.25, 0.3) is 0 Å². The number of rotatable bonds is 8. The fraction of sp³-hybridized carbons (Fsp3) is 0.875. The molecule has 1 saturated carbocycles. The van der Waals surface area contributed by atoms with Crippen molar-refractivity contribution in [1.29, 1.82) is 0 Å². The van der Waals surface area contributed by atoms with Gasteiger partial charge in [0.1, 0.15) is 0 Å². The van der Waals surface area contributed by atoms with Crippen LogP contribution >= 0.6 is 0 Å². The fourth-order valence-corrected chi connectivity index (χ4v) is 2.62. The number of aliphatic carboxylic acids is 1. The Morgan fingerprint density at radius 1 is 1.19 bits per heavy atom. The molecule has 1 rings (SSSR count). The number of carboxylic acid groups (broad SMARTS) is 1. The van der Waals surface area contributed by atoms with Crippen LogP contribution in [0.5, 0.6) is 0 Å². The van der Waals surface area contributed by atoms with E-state index in [1.165, 1.54) is 12.8 Å². The second-order valence-electron chi connectivity index (χ2n) is 7.46. The molecule has 5 nitrogen and oxygen atoms in total. The average Bonchev–Trinajstić information content (AvgIpc) is 3.08. The summed E-state index contributed by atoms with van der Waals surface area (Å²) in [5, 5.41) is 14.8. The summed E-state index contributed by atoms with van der Waals surface area (Å²) in [6.45, 7) is 8.20. The summed E-state index contributed by atoms with van der Waals surface area (Å²) in [5.74, 6) is -0.116. The molecule has 122 valence electrons. The van der Waals surface area contributed by atoms with Gasteiger partial charge in [-0.2, -0.15) is 0 Å². The Morgan fingerprint density at radius 3 is 2.19 bits per heavy atom. The Balaban J connectivity index is 2.46. The largest absolute Gasteiger partial charge is 0.481 e. The van der Waals surface area contributed by atoms with E-state index < -0.39 is 5.97 Å². The Labute approximate surface area is 127 Å². The van der Waals surface area contributed by atoms with Crippen molar-refractivity contribution in [3.05, 3.63) is 0 Å². The lowest BCUT2D eigenvalue weighted by Crippen LogP contribution is -2.47. The molecule has 0 radical (unpaired) electrons. The molecule has 1 aliphatic carbocycles. The highest BCUT2D eigenvalue weighted by atomic mass is 16.4. The van der Waals surface area contributed by atoms with Crippen LogP contribution in [0.4, 0.5) is 4.79 Å². The molecule has 5 heteroatoms. The van der Waals surface area contributed by atoms with Crippen LogP contribution in [0.3, 0.4) is 0 Å². The van der Waals surface area contributed by atoms with E-state index in [9.17, 15) is 9.59 Å². The minimum Gasteiger partial charge on any atom is -0.481 e. The summed E-state index contributed by atoms with van der Waals surface area (Å²) >= 11 is 0. The zero-order valence-corrected chi connectivity index (χ0v) is 13.7. The van der Waals surface area contributed by atoms with E-state index in [1.807, 2.05) is 20.8 Å². The van der Waals surface area contributed by atoms with Crippen molar-refractivity contribution in [2.45, 2.75) is 78.3 Å². The summed E-state index contributed by atoms with van der Waals surface area (Å²) in [7, 11) is 0. The number of hydrogen-bond acceptors (Lipinski definition) is 2. The van der Waals surface area contributed by atoms with Crippen molar-refractivity contribution in [2.24, 2.45) is 11.3 Å². The molecule has 1 fully saturated rings. The van der Waals surface area contributed by atoms with Crippen molar-refractivity contribution < 1.29 is 14.7 Å². The van der Waals surface area contributed by atoms with Crippen LogP contribution in [0.2, 0.25) is 0 Å². The van der Waals surface area contributed by atoms with Gasteiger partial charge in [-0.3, -0.25) is 4.79 Å². The zero-order chi connectivity index (χ0) is 16.0. The highest BCUT2D eigenvalue weighted by molar-refractivity contribution is 5.76. The molecular weight excluding hydrogens is 268 g/mol. The van der Waals surface area contributed by atoms with Crippen LogP contribution in [0.15, 0.2) is 0 Å². The molecule has 2 atom stereocenters. The number of hydrogen-bond donors (Lipinski definition) is 3. The van der Waals surface area contributed by atoms with Crippen molar-refractivity contribution in [3.8, 4) is 0 Å². The number of carbonyl (C=O) groups is 2. The zero-order valence-electron chi connectivity index (χ0n) is 13.7. The third kappa shape index (κ3) is 8.58. The third-order valence-corrected chi connectivity index (χ3v) is 3.76. The first kappa shape index (κ1) is 17.8. The molecule has 0 aromatic carbocycles. The summed E-state index contributed by atoms with van der Waals surface area (Å²) in [6.07, 6.45) is 5.09. The Bertz CT molecular complexity index is 359. The normalized spacial score (nSPS) is 17.9. The minimum absolute atomic E-state index is 0.0223. The SMILES string of the molecule is CCC(CC1CC1)NC(=O)NC(CC(=O)O)CC(C)(C)C. The highest BCUT2D eigenvalue weighted by Crippen LogP contribution is 2.34. The first-order valence-electron chi connectivity index (χ1n) is 7.98. The molecule has 0 aliphatic heterocycles. The lowest BCUT2D eigenvalue weighted by Gasteiger charge is -2.27. The topological polar surface area (TPSA) is 78.4 Å². The van der Waals surface area contributed by atoms with Crippen LogP contribution in [0.1, 0.15) is 66.2 Å². The fourth-order valence-electron chi connectivity index (χ4n) is 2.62. The van der Waals surface area contributed by atoms with Gasteiger partial charge in [-0.1, -0.05) is 40.5 Å². The van der Waals surface area contributed by atoms with E-state index in [0.717, 1.165) is 18.8 Å². The highest BCUT2D eigenvalue weighted by Gasteiger charge is 2.27. The quantitative estimate of drug-likeness (QED) is 0.644. The lowest BCUT2D eigenvalue weighted by molar-refractivity contribution is -0.137. The first-order valence-corrected chi connectivity index (χ1v) is 7.98. The molecule has 3 N–H and O–H groups in total. The van der Waals surface area contributed by atoms with Gasteiger partial charge in [0.05, 0.1) is 6.42 Å². The van der Waals surface area contributed by atoms with E-state index in [-0.39, 0.29) is 30.0 Å². The van der Waals surface area contributed by atoms with Gasteiger partial charge in [-0.25, -0.2) is 4.79 Å². The van der Waals surface area contributed by atoms with Crippen LogP contribution in [-0.2, 0) is 4.79 Å². The van der Waals surface area contributed by atoms with Crippen molar-refractivity contribution in [1.82, 2.24) is 10.6 Å². The van der Waals surface area contributed by atoms with E-state index in [0.29, 0.717) is 6.42 Å². The molecular formula is C16H30N2O3. The standard InChI is InChI=1S/C16H30N2O3/c1-5-12(8-11-6-7-11)17-15(21)18-13(9-14(19)20)10-16(2,3)4/h11-13H,5-10H2,1-4H3,(H,19,20)(H2,17,18,21). The molecule has 21 heavy (non-hydrogen) atoms. The molecule has 0 bridgehead atoms. The maximum absolute atomic E-state index is 12.1. The summed E-state index contributed by atoms with van der Waals surface area (Å²) in [4.78, 5) is 23.0. The number of amides is 2. The maximum Gasteiger partial charge on any atom is 0.315 e. The molecule has 0 aromatic heterocycles. The van der Waals surface area contributed by atoms with Crippen molar-refractivity contribution in [3.63, 3.8) is 0 Å². The summed E-state index contributed by atoms with van der Waals surface area (Å²) < 4.78 is 0. The molecule has 0 spiro atoms. The van der Waals surface area contributed by atoms with Crippen LogP contribution < -0.4 is 10.6 Å². The van der Waals surface area contributed by atoms with E-state index >= 15 is 0 Å². The van der Waals surface area contributed by atoms with E-state index in [2.05, 4.69) is 17.6 Å². The van der Waals surface area contributed by atoms with Gasteiger partial charge in [0, 0.05) is 12.1 Å². The average molecular weight is 298 g/mol. The number of carboxylic acids is 1. The second-order valence-corrected chi connectivity index (χ2v) is 7.46. The molecule has 0 saturated heterocycles. The molecule has 1 aliphatic rings. The van der Waals surface area contributed by atoms with Gasteiger partial charge >= 0.3 is 12.0 Å². The third-order valence-electron chi connectivity index (χ3n) is 3.76. The number of urea groups is 1. The minimum atomic E-state index is -0.880. The van der Waals surface area contributed by atoms with Gasteiger partial charge in [0.2, 0.25) is 0 Å². The Hall–Kier alpha value is -1.26. The molecule has 2 unspecified atom stereocenters.